The largest absolute Gasteiger partial charge is 0.480 e. The van der Waals surface area contributed by atoms with Gasteiger partial charge >= 0.3 is 5.97 Å². The zero-order valence-electron chi connectivity index (χ0n) is 15.8. The Morgan fingerprint density at radius 3 is 1.96 bits per heavy atom. The minimum Gasteiger partial charge on any atom is -0.480 e. The maximum Gasteiger partial charge on any atom is 0.327 e. The zero-order chi connectivity index (χ0) is 19.5. The monoisotopic (exact) mass is 379 g/mol. The molecule has 146 valence electrons. The Bertz CT molecular complexity index is 495. The molecule has 0 aliphatic heterocycles. The molecule has 26 heavy (non-hydrogen) atoms. The van der Waals surface area contributed by atoms with Gasteiger partial charge in [-0.15, -0.1) is 0 Å². The molecular formula is C21H33NO3S. The highest BCUT2D eigenvalue weighted by atomic mass is 32.1. The van der Waals surface area contributed by atoms with E-state index < -0.39 is 12.0 Å². The maximum absolute atomic E-state index is 11.6. The van der Waals surface area contributed by atoms with Crippen LogP contribution in [0, 0.1) is 0 Å². The number of hydrogen-bond donors (Lipinski definition) is 3. The van der Waals surface area contributed by atoms with Gasteiger partial charge in [-0.2, -0.15) is 12.6 Å². The number of amides is 1. The number of nitrogens with one attached hydrogen (secondary N) is 1. The molecule has 4 nitrogen and oxygen atoms in total. The molecule has 0 saturated carbocycles. The van der Waals surface area contributed by atoms with E-state index >= 15 is 0 Å². The van der Waals surface area contributed by atoms with Gasteiger partial charge in [0.1, 0.15) is 6.04 Å². The Kier molecular flexibility index (Phi) is 16.8. The minimum atomic E-state index is -1.05. The summed E-state index contributed by atoms with van der Waals surface area (Å²) in [4.78, 5) is 22.4. The molecule has 0 unspecified atom stereocenters. The van der Waals surface area contributed by atoms with Crippen LogP contribution in [-0.2, 0) is 9.59 Å². The number of hydrogen-bond acceptors (Lipinski definition) is 3. The number of unbranched alkanes of at least 4 members (excludes halogenated alkanes) is 2. The summed E-state index contributed by atoms with van der Waals surface area (Å²) in [5.41, 5.74) is 0. The molecule has 0 bridgehead atoms. The molecule has 0 spiro atoms. The van der Waals surface area contributed by atoms with E-state index in [4.69, 9.17) is 5.11 Å². The number of thiol groups is 1. The van der Waals surface area contributed by atoms with Gasteiger partial charge in [0, 0.05) is 12.2 Å². The van der Waals surface area contributed by atoms with E-state index in [1.807, 2.05) is 0 Å². The first kappa shape index (κ1) is 24.2. The number of carboxylic acid groups (broad SMARTS) is 1. The number of carbonyl (C=O) groups is 2. The van der Waals surface area contributed by atoms with Crippen LogP contribution in [0.5, 0.6) is 0 Å². The lowest BCUT2D eigenvalue weighted by Crippen LogP contribution is -2.42. The van der Waals surface area contributed by atoms with E-state index in [0.29, 0.717) is 6.42 Å². The predicted molar refractivity (Wildman–Crippen MR) is 113 cm³/mol. The first-order chi connectivity index (χ1) is 12.6. The number of allylic oxidation sites excluding steroid dienone is 8. The van der Waals surface area contributed by atoms with Crippen LogP contribution in [0.1, 0.15) is 58.3 Å². The number of aliphatic carboxylic acids is 1. The molecule has 2 N–H and O–H groups in total. The van der Waals surface area contributed by atoms with Crippen LogP contribution in [-0.4, -0.2) is 28.8 Å². The van der Waals surface area contributed by atoms with Crippen LogP contribution in [0.2, 0.25) is 0 Å². The third kappa shape index (κ3) is 15.8. The van der Waals surface area contributed by atoms with Crippen LogP contribution in [0.15, 0.2) is 48.6 Å². The van der Waals surface area contributed by atoms with Crippen molar-refractivity contribution in [1.29, 1.82) is 0 Å². The smallest absolute Gasteiger partial charge is 0.327 e. The first-order valence-corrected chi connectivity index (χ1v) is 9.98. The van der Waals surface area contributed by atoms with Gasteiger partial charge in [-0.3, -0.25) is 4.79 Å². The summed E-state index contributed by atoms with van der Waals surface area (Å²) < 4.78 is 0. The fourth-order valence-corrected chi connectivity index (χ4v) is 2.34. The topological polar surface area (TPSA) is 66.4 Å². The second-order valence-corrected chi connectivity index (χ2v) is 6.25. The van der Waals surface area contributed by atoms with Crippen LogP contribution in [0.25, 0.3) is 0 Å². The lowest BCUT2D eigenvalue weighted by molar-refractivity contribution is -0.141. The van der Waals surface area contributed by atoms with E-state index in [0.717, 1.165) is 44.9 Å². The number of carboxylic acids is 1. The number of carbonyl (C=O) groups excluding carboxylic acids is 1. The molecule has 0 fully saturated rings. The van der Waals surface area contributed by atoms with Gasteiger partial charge < -0.3 is 10.4 Å². The van der Waals surface area contributed by atoms with Crippen molar-refractivity contribution < 1.29 is 14.7 Å². The minimum absolute atomic E-state index is 0.100. The Hall–Kier alpha value is -1.75. The second kappa shape index (κ2) is 18.1. The Balaban J connectivity index is 3.61. The molecule has 5 heteroatoms. The molecule has 0 radical (unpaired) electrons. The predicted octanol–water partition coefficient (Wildman–Crippen LogP) is 4.85. The van der Waals surface area contributed by atoms with Gasteiger partial charge in [0.15, 0.2) is 0 Å². The second-order valence-electron chi connectivity index (χ2n) is 5.89. The third-order valence-corrected chi connectivity index (χ3v) is 3.92. The maximum atomic E-state index is 11.6. The Labute approximate surface area is 163 Å². The molecule has 0 heterocycles. The highest BCUT2D eigenvalue weighted by Gasteiger charge is 2.17. The zero-order valence-corrected chi connectivity index (χ0v) is 16.7. The van der Waals surface area contributed by atoms with Gasteiger partial charge in [-0.1, -0.05) is 55.5 Å². The average Bonchev–Trinajstić information content (AvgIpc) is 2.62. The highest BCUT2D eigenvalue weighted by Crippen LogP contribution is 2.03. The quantitative estimate of drug-likeness (QED) is 0.216. The van der Waals surface area contributed by atoms with Crippen LogP contribution < -0.4 is 5.32 Å². The van der Waals surface area contributed by atoms with E-state index in [1.54, 1.807) is 0 Å². The normalized spacial score (nSPS) is 13.3. The summed E-state index contributed by atoms with van der Waals surface area (Å²) in [7, 11) is 0. The molecule has 0 aliphatic carbocycles. The van der Waals surface area contributed by atoms with E-state index in [9.17, 15) is 9.59 Å². The summed E-state index contributed by atoms with van der Waals surface area (Å²) in [6.45, 7) is 2.13. The van der Waals surface area contributed by atoms with Crippen LogP contribution in [0.3, 0.4) is 0 Å². The van der Waals surface area contributed by atoms with Gasteiger partial charge in [-0.05, 0) is 44.9 Å². The van der Waals surface area contributed by atoms with Crippen molar-refractivity contribution in [2.45, 2.75) is 64.3 Å². The average molecular weight is 380 g/mol. The van der Waals surface area contributed by atoms with Gasteiger partial charge in [0.05, 0.1) is 0 Å². The fourth-order valence-electron chi connectivity index (χ4n) is 2.10. The van der Waals surface area contributed by atoms with Gasteiger partial charge in [0.25, 0.3) is 0 Å². The molecule has 0 rings (SSSR count). The van der Waals surface area contributed by atoms with Gasteiger partial charge in [-0.25, -0.2) is 4.79 Å². The van der Waals surface area contributed by atoms with Crippen molar-refractivity contribution in [2.75, 3.05) is 5.75 Å². The van der Waals surface area contributed by atoms with E-state index in [1.165, 1.54) is 0 Å². The standard InChI is InChI=1S/C21H33NO3S/c1-2-3-4-5-6-7-8-9-10-11-12-13-14-15-16-17-20(23)22-19(18-26)21(24)25/h3-4,6-7,9-10,12-13,19,26H,2,5,8,11,14-18H2,1H3,(H,22,23)(H,24,25)/b4-3-,7-6-,10-9-,13-12-/t19-/m0/s1. The summed E-state index contributed by atoms with van der Waals surface area (Å²) in [6, 6.07) is -0.903. The molecule has 1 atom stereocenters. The molecule has 0 aliphatic rings. The lowest BCUT2D eigenvalue weighted by atomic mass is 10.1. The molecular weight excluding hydrogens is 346 g/mol. The van der Waals surface area contributed by atoms with Crippen molar-refractivity contribution in [3.63, 3.8) is 0 Å². The molecule has 0 saturated heterocycles. The van der Waals surface area contributed by atoms with Crippen molar-refractivity contribution in [2.24, 2.45) is 0 Å². The first-order valence-electron chi connectivity index (χ1n) is 9.34. The SMILES string of the molecule is CC/C=C\C/C=C\C/C=C\C/C=C\CCCCC(=O)N[C@@H](CS)C(=O)O. The summed E-state index contributed by atoms with van der Waals surface area (Å²) >= 11 is 3.91. The lowest BCUT2D eigenvalue weighted by Gasteiger charge is -2.11. The molecule has 1 amide bonds. The molecule has 0 aromatic carbocycles. The van der Waals surface area contributed by atoms with Crippen LogP contribution in [0.4, 0.5) is 0 Å². The molecule has 0 aromatic heterocycles. The van der Waals surface area contributed by atoms with Gasteiger partial charge in [0.2, 0.25) is 5.91 Å². The summed E-state index contributed by atoms with van der Waals surface area (Å²) in [5, 5.41) is 11.3. The molecule has 0 aromatic rings. The van der Waals surface area contributed by atoms with E-state index in [-0.39, 0.29) is 11.7 Å². The fraction of sp³-hybridized carbons (Fsp3) is 0.524. The highest BCUT2D eigenvalue weighted by molar-refractivity contribution is 7.80. The summed E-state index contributed by atoms with van der Waals surface area (Å²) in [5.74, 6) is -1.17. The van der Waals surface area contributed by atoms with Crippen molar-refractivity contribution in [3.8, 4) is 0 Å². The van der Waals surface area contributed by atoms with Crippen molar-refractivity contribution in [3.05, 3.63) is 48.6 Å². The summed E-state index contributed by atoms with van der Waals surface area (Å²) in [6.07, 6.45) is 24.2. The van der Waals surface area contributed by atoms with Crippen LogP contribution >= 0.6 is 12.6 Å². The Morgan fingerprint density at radius 1 is 0.923 bits per heavy atom. The van der Waals surface area contributed by atoms with Crippen molar-refractivity contribution >= 4 is 24.5 Å². The van der Waals surface area contributed by atoms with E-state index in [2.05, 4.69) is 73.5 Å². The van der Waals surface area contributed by atoms with Crippen molar-refractivity contribution in [1.82, 2.24) is 5.32 Å². The third-order valence-electron chi connectivity index (χ3n) is 3.56. The number of rotatable bonds is 15. The Morgan fingerprint density at radius 2 is 1.46 bits per heavy atom.